The second-order valence-corrected chi connectivity index (χ2v) is 6.21. The number of ether oxygens (including phenoxy) is 1. The van der Waals surface area contributed by atoms with Gasteiger partial charge in [-0.15, -0.1) is 0 Å². The van der Waals surface area contributed by atoms with Crippen molar-refractivity contribution >= 4 is 34.2 Å². The number of carboxylic acid groups (broad SMARTS) is 1. The SMILES string of the molecule is COc1ccc(C2=CC(=O)N(CC(=O)O)c3ccccc3S2)cc1. The first-order chi connectivity index (χ1) is 11.6. The molecule has 0 fully saturated rings. The summed E-state index contributed by atoms with van der Waals surface area (Å²) in [6.45, 7) is -0.372. The number of carbonyl (C=O) groups is 2. The molecular formula is C18H15NO4S. The molecule has 1 amide bonds. The monoisotopic (exact) mass is 341 g/mol. The number of nitrogens with zero attached hydrogens (tertiary/aromatic N) is 1. The maximum Gasteiger partial charge on any atom is 0.323 e. The first-order valence-electron chi connectivity index (χ1n) is 7.25. The summed E-state index contributed by atoms with van der Waals surface area (Å²) in [5.41, 5.74) is 1.48. The third-order valence-electron chi connectivity index (χ3n) is 3.56. The van der Waals surface area contributed by atoms with Gasteiger partial charge in [-0.25, -0.2) is 0 Å². The van der Waals surface area contributed by atoms with Crippen molar-refractivity contribution in [2.75, 3.05) is 18.6 Å². The van der Waals surface area contributed by atoms with Crippen molar-refractivity contribution in [3.8, 4) is 5.75 Å². The predicted octanol–water partition coefficient (Wildman–Crippen LogP) is 3.26. The zero-order chi connectivity index (χ0) is 17.1. The molecule has 0 atom stereocenters. The Morgan fingerprint density at radius 2 is 1.88 bits per heavy atom. The molecule has 0 aromatic heterocycles. The van der Waals surface area contributed by atoms with Gasteiger partial charge in [-0.2, -0.15) is 0 Å². The summed E-state index contributed by atoms with van der Waals surface area (Å²) in [6.07, 6.45) is 1.48. The number of para-hydroxylation sites is 1. The number of aliphatic carboxylic acids is 1. The van der Waals surface area contributed by atoms with Gasteiger partial charge in [0.05, 0.1) is 12.8 Å². The van der Waals surface area contributed by atoms with Gasteiger partial charge in [-0.1, -0.05) is 36.0 Å². The maximum atomic E-state index is 12.6. The second kappa shape index (κ2) is 6.80. The number of hydrogen-bond donors (Lipinski definition) is 1. The fourth-order valence-electron chi connectivity index (χ4n) is 2.42. The van der Waals surface area contributed by atoms with Crippen LogP contribution in [-0.2, 0) is 9.59 Å². The van der Waals surface area contributed by atoms with Crippen LogP contribution < -0.4 is 9.64 Å². The normalized spacial score (nSPS) is 13.8. The zero-order valence-corrected chi connectivity index (χ0v) is 13.7. The van der Waals surface area contributed by atoms with Crippen molar-refractivity contribution in [1.82, 2.24) is 0 Å². The molecule has 1 aliphatic heterocycles. The topological polar surface area (TPSA) is 66.8 Å². The number of carbonyl (C=O) groups excluding carboxylic acids is 1. The van der Waals surface area contributed by atoms with E-state index in [1.807, 2.05) is 36.4 Å². The van der Waals surface area contributed by atoms with Crippen LogP contribution in [0, 0.1) is 0 Å². The standard InChI is InChI=1S/C18H15NO4S/c1-23-13-8-6-12(7-9-13)16-10-17(20)19(11-18(21)22)14-4-2-3-5-15(14)24-16/h2-10H,11H2,1H3,(H,21,22). The molecule has 0 saturated heterocycles. The molecule has 6 heteroatoms. The Morgan fingerprint density at radius 3 is 2.54 bits per heavy atom. The van der Waals surface area contributed by atoms with Gasteiger partial charge < -0.3 is 9.84 Å². The predicted molar refractivity (Wildman–Crippen MR) is 93.3 cm³/mol. The maximum absolute atomic E-state index is 12.6. The Hall–Kier alpha value is -2.73. The molecule has 2 aromatic rings. The van der Waals surface area contributed by atoms with Crippen LogP contribution in [0.15, 0.2) is 59.5 Å². The van der Waals surface area contributed by atoms with Crippen molar-refractivity contribution in [3.63, 3.8) is 0 Å². The summed E-state index contributed by atoms with van der Waals surface area (Å²) in [6, 6.07) is 14.7. The smallest absolute Gasteiger partial charge is 0.323 e. The Labute approximate surface area is 143 Å². The Kier molecular flexibility index (Phi) is 4.57. The average Bonchev–Trinajstić information content (AvgIpc) is 2.72. The van der Waals surface area contributed by atoms with E-state index in [-0.39, 0.29) is 12.5 Å². The average molecular weight is 341 g/mol. The van der Waals surface area contributed by atoms with Crippen LogP contribution >= 0.6 is 11.8 Å². The summed E-state index contributed by atoms with van der Waals surface area (Å²) in [5.74, 6) is -0.665. The molecule has 24 heavy (non-hydrogen) atoms. The lowest BCUT2D eigenvalue weighted by molar-refractivity contribution is -0.136. The molecule has 1 heterocycles. The zero-order valence-electron chi connectivity index (χ0n) is 12.9. The van der Waals surface area contributed by atoms with Crippen LogP contribution in [0.1, 0.15) is 5.56 Å². The summed E-state index contributed by atoms with van der Waals surface area (Å²) in [7, 11) is 1.60. The minimum absolute atomic E-state index is 0.347. The van der Waals surface area contributed by atoms with Crippen molar-refractivity contribution in [1.29, 1.82) is 0 Å². The lowest BCUT2D eigenvalue weighted by Crippen LogP contribution is -2.34. The van der Waals surface area contributed by atoms with Crippen LogP contribution in [0.4, 0.5) is 5.69 Å². The lowest BCUT2D eigenvalue weighted by Gasteiger charge is -2.19. The van der Waals surface area contributed by atoms with Crippen molar-refractivity contribution < 1.29 is 19.4 Å². The summed E-state index contributed by atoms with van der Waals surface area (Å²) >= 11 is 1.44. The molecule has 2 aromatic carbocycles. The van der Waals surface area contributed by atoms with Crippen LogP contribution in [0.3, 0.4) is 0 Å². The third-order valence-corrected chi connectivity index (χ3v) is 4.70. The summed E-state index contributed by atoms with van der Waals surface area (Å²) in [4.78, 5) is 26.6. The number of thioether (sulfide) groups is 1. The molecule has 0 aliphatic carbocycles. The fraction of sp³-hybridized carbons (Fsp3) is 0.111. The van der Waals surface area contributed by atoms with E-state index in [9.17, 15) is 9.59 Å². The number of anilines is 1. The molecule has 0 bridgehead atoms. The number of benzene rings is 2. The molecule has 0 radical (unpaired) electrons. The van der Waals surface area contributed by atoms with Crippen molar-refractivity contribution in [2.24, 2.45) is 0 Å². The number of hydrogen-bond acceptors (Lipinski definition) is 4. The molecule has 3 rings (SSSR count). The van der Waals surface area contributed by atoms with Gasteiger partial charge in [-0.3, -0.25) is 14.5 Å². The highest BCUT2D eigenvalue weighted by Gasteiger charge is 2.24. The van der Waals surface area contributed by atoms with Gasteiger partial charge in [0.1, 0.15) is 12.3 Å². The van der Waals surface area contributed by atoms with Gasteiger partial charge >= 0.3 is 5.97 Å². The molecule has 0 saturated carbocycles. The van der Waals surface area contributed by atoms with Crippen molar-refractivity contribution in [3.05, 3.63) is 60.2 Å². The number of rotatable bonds is 4. The summed E-state index contributed by atoms with van der Waals surface area (Å²) in [5, 5.41) is 9.11. The number of fused-ring (bicyclic) bond motifs is 1. The quantitative estimate of drug-likeness (QED) is 0.924. The third kappa shape index (κ3) is 3.28. The number of carboxylic acids is 1. The van der Waals surface area contributed by atoms with Gasteiger partial charge in [-0.05, 0) is 29.8 Å². The van der Waals surface area contributed by atoms with Crippen LogP contribution in [-0.4, -0.2) is 30.6 Å². The first-order valence-corrected chi connectivity index (χ1v) is 8.06. The van der Waals surface area contributed by atoms with Crippen molar-refractivity contribution in [2.45, 2.75) is 4.90 Å². The minimum atomic E-state index is -1.05. The highest BCUT2D eigenvalue weighted by atomic mass is 32.2. The Morgan fingerprint density at radius 1 is 1.17 bits per heavy atom. The van der Waals surface area contributed by atoms with Crippen LogP contribution in [0.25, 0.3) is 4.91 Å². The van der Waals surface area contributed by atoms with Gasteiger partial charge in [0.25, 0.3) is 5.91 Å². The van der Waals surface area contributed by atoms with E-state index >= 15 is 0 Å². The van der Waals surface area contributed by atoms with E-state index in [1.165, 1.54) is 22.7 Å². The molecule has 0 unspecified atom stereocenters. The largest absolute Gasteiger partial charge is 0.497 e. The molecular weight excluding hydrogens is 326 g/mol. The summed E-state index contributed by atoms with van der Waals surface area (Å²) < 4.78 is 5.15. The van der Waals surface area contributed by atoms with E-state index in [0.29, 0.717) is 5.69 Å². The van der Waals surface area contributed by atoms with E-state index in [4.69, 9.17) is 9.84 Å². The molecule has 0 spiro atoms. The number of methoxy groups -OCH3 is 1. The van der Waals surface area contributed by atoms with Crippen LogP contribution in [0.2, 0.25) is 0 Å². The molecule has 122 valence electrons. The minimum Gasteiger partial charge on any atom is -0.497 e. The van der Waals surface area contributed by atoms with Gasteiger partial charge in [0, 0.05) is 15.9 Å². The van der Waals surface area contributed by atoms with Gasteiger partial charge in [0.2, 0.25) is 0 Å². The highest BCUT2D eigenvalue weighted by molar-refractivity contribution is 8.08. The Balaban J connectivity index is 2.03. The highest BCUT2D eigenvalue weighted by Crippen LogP contribution is 2.42. The molecule has 5 nitrogen and oxygen atoms in total. The Bertz CT molecular complexity index is 814. The molecule has 1 N–H and O–H groups in total. The van der Waals surface area contributed by atoms with E-state index in [1.54, 1.807) is 19.2 Å². The molecule has 1 aliphatic rings. The fourth-order valence-corrected chi connectivity index (χ4v) is 3.50. The number of amides is 1. The van der Waals surface area contributed by atoms with E-state index in [2.05, 4.69) is 0 Å². The second-order valence-electron chi connectivity index (χ2n) is 5.12. The van der Waals surface area contributed by atoms with E-state index in [0.717, 1.165) is 21.1 Å². The first kappa shape index (κ1) is 16.1. The lowest BCUT2D eigenvalue weighted by atomic mass is 10.2. The van der Waals surface area contributed by atoms with Gasteiger partial charge in [0.15, 0.2) is 0 Å². The van der Waals surface area contributed by atoms with E-state index < -0.39 is 5.97 Å². The van der Waals surface area contributed by atoms with Crippen LogP contribution in [0.5, 0.6) is 5.75 Å².